The highest BCUT2D eigenvalue weighted by Crippen LogP contribution is 2.17. The molecule has 0 aromatic heterocycles. The second kappa shape index (κ2) is 7.27. The van der Waals surface area contributed by atoms with E-state index < -0.39 is 0 Å². The van der Waals surface area contributed by atoms with Gasteiger partial charge in [-0.25, -0.2) is 0 Å². The fourth-order valence-corrected chi connectivity index (χ4v) is 2.77. The first-order chi connectivity index (χ1) is 11.6. The van der Waals surface area contributed by atoms with Crippen LogP contribution < -0.4 is 15.5 Å². The minimum atomic E-state index is -0.178. The van der Waals surface area contributed by atoms with Crippen LogP contribution in [0.2, 0.25) is 0 Å². The topological polar surface area (TPSA) is 61.4 Å². The Balaban J connectivity index is 1.68. The standard InChI is InChI=1S/C19H21N3O2/c1-14(23)16-3-2-4-17(13-16)21-19(24)15-5-7-18(8-6-15)22-11-9-20-10-12-22/h2-8,13,20H,9-12H2,1H3,(H,21,24). The van der Waals surface area contributed by atoms with Crippen LogP contribution in [-0.2, 0) is 0 Å². The van der Waals surface area contributed by atoms with Crippen LogP contribution in [0.25, 0.3) is 0 Å². The number of nitrogens with one attached hydrogen (secondary N) is 2. The van der Waals surface area contributed by atoms with E-state index in [1.807, 2.05) is 24.3 Å². The fourth-order valence-electron chi connectivity index (χ4n) is 2.77. The molecule has 1 aliphatic heterocycles. The molecule has 0 atom stereocenters. The SMILES string of the molecule is CC(=O)c1cccc(NC(=O)c2ccc(N3CCNCC3)cc2)c1. The van der Waals surface area contributed by atoms with Crippen molar-refractivity contribution in [3.8, 4) is 0 Å². The van der Waals surface area contributed by atoms with Crippen molar-refractivity contribution in [3.63, 3.8) is 0 Å². The van der Waals surface area contributed by atoms with E-state index >= 15 is 0 Å². The van der Waals surface area contributed by atoms with Gasteiger partial charge in [0.25, 0.3) is 5.91 Å². The molecule has 24 heavy (non-hydrogen) atoms. The Morgan fingerprint density at radius 1 is 1.00 bits per heavy atom. The normalized spacial score (nSPS) is 14.3. The van der Waals surface area contributed by atoms with E-state index in [0.717, 1.165) is 31.9 Å². The molecule has 1 saturated heterocycles. The smallest absolute Gasteiger partial charge is 0.255 e. The van der Waals surface area contributed by atoms with Crippen molar-refractivity contribution in [1.82, 2.24) is 5.32 Å². The van der Waals surface area contributed by atoms with Gasteiger partial charge in [-0.2, -0.15) is 0 Å². The van der Waals surface area contributed by atoms with Crippen LogP contribution in [0.4, 0.5) is 11.4 Å². The average molecular weight is 323 g/mol. The Morgan fingerprint density at radius 3 is 2.38 bits per heavy atom. The maximum atomic E-state index is 12.4. The molecular weight excluding hydrogens is 302 g/mol. The van der Waals surface area contributed by atoms with Crippen molar-refractivity contribution in [1.29, 1.82) is 0 Å². The molecule has 0 bridgehead atoms. The lowest BCUT2D eigenvalue weighted by Crippen LogP contribution is -2.43. The minimum Gasteiger partial charge on any atom is -0.369 e. The third kappa shape index (κ3) is 3.81. The molecule has 0 unspecified atom stereocenters. The van der Waals surface area contributed by atoms with Crippen LogP contribution in [0, 0.1) is 0 Å². The predicted molar refractivity (Wildman–Crippen MR) is 95.9 cm³/mol. The Kier molecular flexibility index (Phi) is 4.91. The van der Waals surface area contributed by atoms with Crippen molar-refractivity contribution in [2.24, 2.45) is 0 Å². The number of Topliss-reactive ketones (excluding diaryl/α,β-unsaturated/α-hetero) is 1. The van der Waals surface area contributed by atoms with E-state index in [2.05, 4.69) is 15.5 Å². The summed E-state index contributed by atoms with van der Waals surface area (Å²) in [7, 11) is 0. The highest BCUT2D eigenvalue weighted by Gasteiger charge is 2.12. The first-order valence-corrected chi connectivity index (χ1v) is 8.11. The van der Waals surface area contributed by atoms with Gasteiger partial charge in [-0.05, 0) is 43.3 Å². The second-order valence-electron chi connectivity index (χ2n) is 5.88. The van der Waals surface area contributed by atoms with Crippen LogP contribution in [-0.4, -0.2) is 37.9 Å². The average Bonchev–Trinajstić information content (AvgIpc) is 2.63. The van der Waals surface area contributed by atoms with Gasteiger partial charge >= 0.3 is 0 Å². The molecule has 1 fully saturated rings. The number of amides is 1. The summed E-state index contributed by atoms with van der Waals surface area (Å²) in [6.07, 6.45) is 0. The van der Waals surface area contributed by atoms with Crippen molar-refractivity contribution < 1.29 is 9.59 Å². The summed E-state index contributed by atoms with van der Waals surface area (Å²) in [5.74, 6) is -0.200. The molecule has 2 aromatic carbocycles. The molecule has 0 spiro atoms. The van der Waals surface area contributed by atoms with Crippen LogP contribution >= 0.6 is 0 Å². The maximum absolute atomic E-state index is 12.4. The molecule has 5 heteroatoms. The zero-order valence-electron chi connectivity index (χ0n) is 13.7. The lowest BCUT2D eigenvalue weighted by Gasteiger charge is -2.29. The molecule has 5 nitrogen and oxygen atoms in total. The van der Waals surface area contributed by atoms with Crippen LogP contribution in [0.15, 0.2) is 48.5 Å². The summed E-state index contributed by atoms with van der Waals surface area (Å²) >= 11 is 0. The third-order valence-corrected chi connectivity index (χ3v) is 4.14. The molecule has 124 valence electrons. The van der Waals surface area contributed by atoms with E-state index in [0.29, 0.717) is 16.8 Å². The highest BCUT2D eigenvalue weighted by atomic mass is 16.1. The highest BCUT2D eigenvalue weighted by molar-refractivity contribution is 6.05. The monoisotopic (exact) mass is 323 g/mol. The van der Waals surface area contributed by atoms with E-state index in [1.54, 1.807) is 24.3 Å². The Hall–Kier alpha value is -2.66. The zero-order chi connectivity index (χ0) is 16.9. The van der Waals surface area contributed by atoms with Gasteiger partial charge in [0, 0.05) is 48.7 Å². The van der Waals surface area contributed by atoms with Crippen LogP contribution in [0.1, 0.15) is 27.6 Å². The lowest BCUT2D eigenvalue weighted by atomic mass is 10.1. The van der Waals surface area contributed by atoms with E-state index in [1.165, 1.54) is 6.92 Å². The van der Waals surface area contributed by atoms with Gasteiger partial charge < -0.3 is 15.5 Å². The summed E-state index contributed by atoms with van der Waals surface area (Å²) in [5, 5.41) is 6.16. The number of benzene rings is 2. The Bertz CT molecular complexity index is 735. The maximum Gasteiger partial charge on any atom is 0.255 e. The molecular formula is C19H21N3O2. The molecule has 0 aliphatic carbocycles. The quantitative estimate of drug-likeness (QED) is 0.849. The van der Waals surface area contributed by atoms with Crippen molar-refractivity contribution in [2.45, 2.75) is 6.92 Å². The zero-order valence-corrected chi connectivity index (χ0v) is 13.7. The van der Waals surface area contributed by atoms with Gasteiger partial charge in [-0.3, -0.25) is 9.59 Å². The molecule has 2 aromatic rings. The number of hydrogen-bond acceptors (Lipinski definition) is 4. The number of carbonyl (C=O) groups excluding carboxylic acids is 2. The van der Waals surface area contributed by atoms with E-state index in [-0.39, 0.29) is 11.7 Å². The first-order valence-electron chi connectivity index (χ1n) is 8.11. The molecule has 3 rings (SSSR count). The number of hydrogen-bond donors (Lipinski definition) is 2. The van der Waals surface area contributed by atoms with Gasteiger partial charge in [0.2, 0.25) is 0 Å². The number of carbonyl (C=O) groups is 2. The Labute approximate surface area is 141 Å². The largest absolute Gasteiger partial charge is 0.369 e. The minimum absolute atomic E-state index is 0.0218. The number of rotatable bonds is 4. The summed E-state index contributed by atoms with van der Waals surface area (Å²) < 4.78 is 0. The Morgan fingerprint density at radius 2 is 1.71 bits per heavy atom. The fraction of sp³-hybridized carbons (Fsp3) is 0.263. The number of nitrogens with zero attached hydrogens (tertiary/aromatic N) is 1. The number of ketones is 1. The van der Waals surface area contributed by atoms with E-state index in [4.69, 9.17) is 0 Å². The molecule has 1 heterocycles. The molecule has 0 radical (unpaired) electrons. The molecule has 1 amide bonds. The van der Waals surface area contributed by atoms with Crippen LogP contribution in [0.3, 0.4) is 0 Å². The number of piperazine rings is 1. The van der Waals surface area contributed by atoms with Gasteiger partial charge in [-0.15, -0.1) is 0 Å². The molecule has 0 saturated carbocycles. The van der Waals surface area contributed by atoms with Gasteiger partial charge in [0.05, 0.1) is 0 Å². The summed E-state index contributed by atoms with van der Waals surface area (Å²) in [6, 6.07) is 14.6. The lowest BCUT2D eigenvalue weighted by molar-refractivity contribution is 0.101. The van der Waals surface area contributed by atoms with Gasteiger partial charge in [0.1, 0.15) is 0 Å². The van der Waals surface area contributed by atoms with Crippen molar-refractivity contribution in [3.05, 3.63) is 59.7 Å². The first kappa shape index (κ1) is 16.2. The van der Waals surface area contributed by atoms with Crippen LogP contribution in [0.5, 0.6) is 0 Å². The number of anilines is 2. The summed E-state index contributed by atoms with van der Waals surface area (Å²) in [4.78, 5) is 26.1. The van der Waals surface area contributed by atoms with Crippen molar-refractivity contribution in [2.75, 3.05) is 36.4 Å². The summed E-state index contributed by atoms with van der Waals surface area (Å²) in [5.41, 5.74) is 2.94. The van der Waals surface area contributed by atoms with Gasteiger partial charge in [0.15, 0.2) is 5.78 Å². The summed E-state index contributed by atoms with van der Waals surface area (Å²) in [6.45, 7) is 5.42. The predicted octanol–water partition coefficient (Wildman–Crippen LogP) is 2.55. The molecule has 2 N–H and O–H groups in total. The van der Waals surface area contributed by atoms with Gasteiger partial charge in [-0.1, -0.05) is 12.1 Å². The van der Waals surface area contributed by atoms with E-state index in [9.17, 15) is 9.59 Å². The third-order valence-electron chi connectivity index (χ3n) is 4.14. The molecule has 1 aliphatic rings. The second-order valence-corrected chi connectivity index (χ2v) is 5.88. The van der Waals surface area contributed by atoms with Crippen molar-refractivity contribution >= 4 is 23.1 Å².